The summed E-state index contributed by atoms with van der Waals surface area (Å²) < 4.78 is 30.5. The summed E-state index contributed by atoms with van der Waals surface area (Å²) in [5.41, 5.74) is 0. The smallest absolute Gasteiger partial charge is 0.306 e. The normalized spacial score (nSPS) is 20.0. The van der Waals surface area contributed by atoms with Crippen molar-refractivity contribution in [3.05, 3.63) is 0 Å². The van der Waals surface area contributed by atoms with E-state index in [0.717, 1.165) is 0 Å². The second-order valence-corrected chi connectivity index (χ2v) is 6.64. The van der Waals surface area contributed by atoms with Gasteiger partial charge in [-0.25, -0.2) is 8.42 Å². The molecule has 0 spiro atoms. The molecule has 1 rings (SSSR count). The summed E-state index contributed by atoms with van der Waals surface area (Å²) >= 11 is 0. The highest BCUT2D eigenvalue weighted by Crippen LogP contribution is 2.12. The summed E-state index contributed by atoms with van der Waals surface area (Å²) in [5.74, 6) is -1.22. The molecule has 1 heterocycles. The predicted octanol–water partition coefficient (Wildman–Crippen LogP) is -1.32. The Morgan fingerprint density at radius 1 is 1.38 bits per heavy atom. The van der Waals surface area contributed by atoms with E-state index < -0.39 is 22.0 Å². The van der Waals surface area contributed by atoms with Crippen LogP contribution in [0.25, 0.3) is 0 Å². The van der Waals surface area contributed by atoms with Crippen LogP contribution in [0.15, 0.2) is 0 Å². The zero-order chi connectivity index (χ0) is 15.9. The second-order valence-electron chi connectivity index (χ2n) is 4.60. The van der Waals surface area contributed by atoms with Gasteiger partial charge in [0.1, 0.15) is 6.04 Å². The van der Waals surface area contributed by atoms with Crippen LogP contribution in [-0.2, 0) is 24.3 Å². The van der Waals surface area contributed by atoms with E-state index in [1.165, 1.54) is 4.31 Å². The molecule has 1 atom stereocenters. The highest BCUT2D eigenvalue weighted by Gasteiger charge is 2.36. The second kappa shape index (κ2) is 8.30. The first-order valence-corrected chi connectivity index (χ1v) is 8.66. The van der Waals surface area contributed by atoms with E-state index in [1.807, 2.05) is 0 Å². The van der Waals surface area contributed by atoms with Crippen molar-refractivity contribution in [3.8, 4) is 0 Å². The maximum absolute atomic E-state index is 12.3. The molecule has 122 valence electrons. The Kier molecular flexibility index (Phi) is 7.06. The number of sulfonamides is 1. The lowest BCUT2D eigenvalue weighted by Gasteiger charge is -2.34. The summed E-state index contributed by atoms with van der Waals surface area (Å²) in [6, 6.07) is -0.772. The number of piperazine rings is 1. The Hall–Kier alpha value is -1.19. The number of carbonyl (C=O) groups is 2. The molecular weight excluding hydrogens is 298 g/mol. The van der Waals surface area contributed by atoms with Gasteiger partial charge in [-0.3, -0.25) is 9.59 Å². The first kappa shape index (κ1) is 17.9. The predicted molar refractivity (Wildman–Crippen MR) is 77.1 cm³/mol. The number of likely N-dealkylation sites (N-methyl/N-ethyl adjacent to an activating group) is 1. The summed E-state index contributed by atoms with van der Waals surface area (Å²) in [6.45, 7) is 5.05. The van der Waals surface area contributed by atoms with Crippen molar-refractivity contribution in [1.29, 1.82) is 0 Å². The topological polar surface area (TPSA) is 105 Å². The highest BCUT2D eigenvalue weighted by atomic mass is 32.2. The van der Waals surface area contributed by atoms with Crippen molar-refractivity contribution >= 4 is 21.9 Å². The Balaban J connectivity index is 2.73. The number of rotatable bonds is 7. The molecule has 0 aliphatic carbocycles. The summed E-state index contributed by atoms with van der Waals surface area (Å²) in [6.07, 6.45) is -0.206. The zero-order valence-electron chi connectivity index (χ0n) is 12.4. The van der Waals surface area contributed by atoms with Crippen LogP contribution in [0.3, 0.4) is 0 Å². The molecule has 1 unspecified atom stereocenters. The SMILES string of the molecule is CCNC(=O)C1CNCCN1S(=O)(=O)CCC(=O)OCC. The molecule has 1 saturated heterocycles. The van der Waals surface area contributed by atoms with Crippen LogP contribution in [0.4, 0.5) is 0 Å². The minimum Gasteiger partial charge on any atom is -0.466 e. The van der Waals surface area contributed by atoms with Crippen molar-refractivity contribution in [3.63, 3.8) is 0 Å². The zero-order valence-corrected chi connectivity index (χ0v) is 13.2. The number of hydrogen-bond acceptors (Lipinski definition) is 6. The third-order valence-corrected chi connectivity index (χ3v) is 4.95. The molecule has 0 radical (unpaired) electrons. The first-order chi connectivity index (χ1) is 9.92. The fourth-order valence-electron chi connectivity index (χ4n) is 2.10. The Bertz CT molecular complexity index is 466. The average molecular weight is 321 g/mol. The van der Waals surface area contributed by atoms with Crippen LogP contribution in [0.5, 0.6) is 0 Å². The molecule has 0 bridgehead atoms. The van der Waals surface area contributed by atoms with Gasteiger partial charge in [-0.1, -0.05) is 0 Å². The van der Waals surface area contributed by atoms with Gasteiger partial charge in [-0.15, -0.1) is 0 Å². The van der Waals surface area contributed by atoms with E-state index in [9.17, 15) is 18.0 Å². The van der Waals surface area contributed by atoms with Gasteiger partial charge < -0.3 is 15.4 Å². The number of ether oxygens (including phenoxy) is 1. The Labute approximate surface area is 125 Å². The third kappa shape index (κ3) is 5.25. The van der Waals surface area contributed by atoms with E-state index in [4.69, 9.17) is 4.74 Å². The molecule has 0 aromatic rings. The van der Waals surface area contributed by atoms with Gasteiger partial charge in [0.15, 0.2) is 0 Å². The van der Waals surface area contributed by atoms with E-state index in [0.29, 0.717) is 13.1 Å². The fraction of sp³-hybridized carbons (Fsp3) is 0.833. The van der Waals surface area contributed by atoms with Crippen LogP contribution < -0.4 is 10.6 Å². The molecule has 1 aliphatic rings. The number of esters is 1. The molecule has 21 heavy (non-hydrogen) atoms. The molecular formula is C12H23N3O5S. The van der Waals surface area contributed by atoms with Gasteiger partial charge in [-0.05, 0) is 13.8 Å². The minimum absolute atomic E-state index is 0.206. The van der Waals surface area contributed by atoms with Crippen molar-refractivity contribution < 1.29 is 22.7 Å². The van der Waals surface area contributed by atoms with Gasteiger partial charge >= 0.3 is 5.97 Å². The van der Waals surface area contributed by atoms with E-state index in [1.54, 1.807) is 13.8 Å². The van der Waals surface area contributed by atoms with Crippen LogP contribution in [0, 0.1) is 0 Å². The lowest BCUT2D eigenvalue weighted by atomic mass is 10.2. The maximum Gasteiger partial charge on any atom is 0.306 e. The molecule has 0 saturated carbocycles. The summed E-state index contributed by atoms with van der Waals surface area (Å²) in [7, 11) is -3.68. The molecule has 0 aromatic carbocycles. The van der Waals surface area contributed by atoms with Gasteiger partial charge in [0.25, 0.3) is 0 Å². The van der Waals surface area contributed by atoms with Crippen molar-refractivity contribution in [2.75, 3.05) is 38.5 Å². The molecule has 1 amide bonds. The van der Waals surface area contributed by atoms with Gasteiger partial charge in [-0.2, -0.15) is 4.31 Å². The Morgan fingerprint density at radius 2 is 2.10 bits per heavy atom. The molecule has 9 heteroatoms. The summed E-state index contributed by atoms with van der Waals surface area (Å²) in [4.78, 5) is 23.2. The van der Waals surface area contributed by atoms with E-state index in [2.05, 4.69) is 10.6 Å². The van der Waals surface area contributed by atoms with E-state index in [-0.39, 0.29) is 37.8 Å². The van der Waals surface area contributed by atoms with Crippen LogP contribution in [0.2, 0.25) is 0 Å². The first-order valence-electron chi connectivity index (χ1n) is 7.06. The monoisotopic (exact) mass is 321 g/mol. The maximum atomic E-state index is 12.3. The molecule has 2 N–H and O–H groups in total. The molecule has 1 aliphatic heterocycles. The standard InChI is InChI=1S/C12H23N3O5S/c1-3-14-12(17)10-9-13-6-7-15(10)21(18,19)8-5-11(16)20-4-2/h10,13H,3-9H2,1-2H3,(H,14,17). The lowest BCUT2D eigenvalue weighted by molar-refractivity contribution is -0.142. The van der Waals surface area contributed by atoms with Gasteiger partial charge in [0.05, 0.1) is 18.8 Å². The van der Waals surface area contributed by atoms with Crippen molar-refractivity contribution in [1.82, 2.24) is 14.9 Å². The largest absolute Gasteiger partial charge is 0.466 e. The third-order valence-electron chi connectivity index (χ3n) is 3.07. The van der Waals surface area contributed by atoms with Crippen LogP contribution in [-0.4, -0.2) is 69.2 Å². The van der Waals surface area contributed by atoms with Gasteiger partial charge in [0, 0.05) is 26.2 Å². The number of nitrogens with zero attached hydrogens (tertiary/aromatic N) is 1. The number of hydrogen-bond donors (Lipinski definition) is 2. The summed E-state index contributed by atoms with van der Waals surface area (Å²) in [5, 5.41) is 5.63. The minimum atomic E-state index is -3.68. The van der Waals surface area contributed by atoms with Crippen LogP contribution >= 0.6 is 0 Å². The fourth-order valence-corrected chi connectivity index (χ4v) is 3.68. The highest BCUT2D eigenvalue weighted by molar-refractivity contribution is 7.89. The Morgan fingerprint density at radius 3 is 2.71 bits per heavy atom. The lowest BCUT2D eigenvalue weighted by Crippen LogP contribution is -2.59. The molecule has 8 nitrogen and oxygen atoms in total. The van der Waals surface area contributed by atoms with Gasteiger partial charge in [0.2, 0.25) is 15.9 Å². The quantitative estimate of drug-likeness (QED) is 0.564. The number of carbonyl (C=O) groups excluding carboxylic acids is 2. The van der Waals surface area contributed by atoms with Crippen molar-refractivity contribution in [2.24, 2.45) is 0 Å². The number of nitrogens with one attached hydrogen (secondary N) is 2. The molecule has 0 aromatic heterocycles. The number of amides is 1. The van der Waals surface area contributed by atoms with E-state index >= 15 is 0 Å². The van der Waals surface area contributed by atoms with Crippen molar-refractivity contribution in [2.45, 2.75) is 26.3 Å². The van der Waals surface area contributed by atoms with Crippen LogP contribution in [0.1, 0.15) is 20.3 Å². The average Bonchev–Trinajstić information content (AvgIpc) is 2.46. The molecule has 1 fully saturated rings.